The molecule has 1 aliphatic rings. The Bertz CT molecular complexity index is 2850. The number of amidine groups is 1. The van der Waals surface area contributed by atoms with E-state index < -0.39 is 84.7 Å². The molecule has 5 aromatic rings. The molecule has 4 N–H and O–H groups in total. The molecule has 71 heavy (non-hydrogen) atoms. The van der Waals surface area contributed by atoms with Gasteiger partial charge in [-0.1, -0.05) is 94.5 Å². The second-order valence-corrected chi connectivity index (χ2v) is 19.4. The van der Waals surface area contributed by atoms with Gasteiger partial charge < -0.3 is 14.6 Å². The van der Waals surface area contributed by atoms with Crippen LogP contribution in [-0.2, 0) is 37.1 Å². The number of hydrogen-bond donors (Lipinski definition) is 4. The zero-order valence-corrected chi connectivity index (χ0v) is 40.8. The molecule has 15 nitrogen and oxygen atoms in total. The van der Waals surface area contributed by atoms with Crippen LogP contribution in [0.15, 0.2) is 99.7 Å². The number of nitrogens with one attached hydrogen (secondary N) is 3. The Morgan fingerprint density at radius 3 is 2.06 bits per heavy atom. The molecule has 380 valence electrons. The van der Waals surface area contributed by atoms with Gasteiger partial charge in [0.25, 0.3) is 11.6 Å². The molecule has 1 heterocycles. The van der Waals surface area contributed by atoms with Crippen molar-refractivity contribution < 1.29 is 58.4 Å². The number of aliphatic imine (C=N–C) groups is 1. The van der Waals surface area contributed by atoms with Crippen LogP contribution in [0.25, 0.3) is 0 Å². The lowest BCUT2D eigenvalue weighted by molar-refractivity contribution is -0.384. The summed E-state index contributed by atoms with van der Waals surface area (Å²) >= 11 is 4.16. The minimum atomic E-state index is -3.94. The monoisotopic (exact) mass is 1050 g/mol. The zero-order chi connectivity index (χ0) is 51.8. The summed E-state index contributed by atoms with van der Waals surface area (Å²) < 4.78 is 114. The molecule has 0 bridgehead atoms. The molecule has 1 fully saturated rings. The fourth-order valence-corrected chi connectivity index (χ4v) is 8.92. The highest BCUT2D eigenvalue weighted by molar-refractivity contribution is 7.89. The minimum absolute atomic E-state index is 0.0355. The van der Waals surface area contributed by atoms with Crippen molar-refractivity contribution >= 4 is 73.1 Å². The van der Waals surface area contributed by atoms with Crippen molar-refractivity contribution in [1.29, 1.82) is 0 Å². The van der Waals surface area contributed by atoms with Gasteiger partial charge in [-0.3, -0.25) is 25.1 Å². The first-order valence-electron chi connectivity index (χ1n) is 22.3. The van der Waals surface area contributed by atoms with Gasteiger partial charge in [0.05, 0.1) is 38.3 Å². The van der Waals surface area contributed by atoms with Gasteiger partial charge in [-0.25, -0.2) is 49.3 Å². The normalized spacial score (nSPS) is 13.4. The molecule has 2 amide bonds. The quantitative estimate of drug-likeness (QED) is 0.0129. The summed E-state index contributed by atoms with van der Waals surface area (Å²) in [6.07, 6.45) is 10.6. The van der Waals surface area contributed by atoms with Crippen molar-refractivity contribution in [1.82, 2.24) is 10.1 Å². The third kappa shape index (κ3) is 15.8. The first-order valence-corrected chi connectivity index (χ1v) is 25.2. The van der Waals surface area contributed by atoms with Crippen LogP contribution in [0.5, 0.6) is 11.5 Å². The van der Waals surface area contributed by atoms with E-state index in [9.17, 15) is 59.4 Å². The number of nitrogens with zero attached hydrogens (tertiary/aromatic N) is 3. The SMILES string of the molecule is CCCCCCCCCCCCNS(=O)(=O)c1ccc([N+](=O)[O-])c(NC(=O)Cc2ccc(OS(=O)c3ccc(O)cc3)cc2)c1.Cc1ccc(Cl)c(N=C2CC(=O)N(c3c(F)c(F)c(F)c(F)c3F)N2)c1. The number of aromatic hydroxyl groups is 1. The van der Waals surface area contributed by atoms with E-state index in [2.05, 4.69) is 27.4 Å². The van der Waals surface area contributed by atoms with Crippen molar-refractivity contribution in [3.63, 3.8) is 0 Å². The van der Waals surface area contributed by atoms with E-state index in [1.807, 2.05) is 0 Å². The third-order valence-electron chi connectivity index (χ3n) is 10.6. The number of sulfonamides is 1. The molecule has 0 aromatic heterocycles. The molecular weight excluding hydrogens is 999 g/mol. The Balaban J connectivity index is 0.000000304. The van der Waals surface area contributed by atoms with E-state index in [0.29, 0.717) is 16.9 Å². The number of amides is 2. The Morgan fingerprint density at radius 2 is 1.45 bits per heavy atom. The maximum atomic E-state index is 13.9. The van der Waals surface area contributed by atoms with Crippen LogP contribution in [0.1, 0.15) is 88.7 Å². The number of unbranched alkanes of at least 4 members (excludes halogenated alkanes) is 9. The Morgan fingerprint density at radius 1 is 0.859 bits per heavy atom. The van der Waals surface area contributed by atoms with Gasteiger partial charge >= 0.3 is 0 Å². The van der Waals surface area contributed by atoms with Crippen molar-refractivity contribution in [2.24, 2.45) is 4.99 Å². The van der Waals surface area contributed by atoms with Crippen LogP contribution >= 0.6 is 11.6 Å². The fraction of sp³-hybridized carbons (Fsp3) is 0.312. The second kappa shape index (κ2) is 26.1. The molecule has 5 aromatic carbocycles. The number of phenols is 1. The molecule has 1 atom stereocenters. The topological polar surface area (TPSA) is 210 Å². The number of carbonyl (C=O) groups is 2. The van der Waals surface area contributed by atoms with E-state index in [1.54, 1.807) is 37.3 Å². The van der Waals surface area contributed by atoms with Crippen molar-refractivity contribution in [3.05, 3.63) is 140 Å². The van der Waals surface area contributed by atoms with Gasteiger partial charge in [0.2, 0.25) is 32.8 Å². The van der Waals surface area contributed by atoms with E-state index in [0.717, 1.165) is 43.0 Å². The Labute approximate surface area is 414 Å². The van der Waals surface area contributed by atoms with Crippen LogP contribution in [0.3, 0.4) is 0 Å². The smallest absolute Gasteiger partial charge is 0.292 e. The maximum absolute atomic E-state index is 13.9. The highest BCUT2D eigenvalue weighted by Gasteiger charge is 2.36. The molecule has 0 spiro atoms. The van der Waals surface area contributed by atoms with Gasteiger partial charge in [-0.05, 0) is 85.1 Å². The van der Waals surface area contributed by atoms with E-state index in [-0.39, 0.29) is 56.6 Å². The Hall–Kier alpha value is -6.49. The number of hydrogen-bond acceptors (Lipinski definition) is 10. The summed E-state index contributed by atoms with van der Waals surface area (Å²) in [5.41, 5.74) is 1.83. The second-order valence-electron chi connectivity index (χ2n) is 16.1. The largest absolute Gasteiger partial charge is 0.508 e. The van der Waals surface area contributed by atoms with Crippen LogP contribution in [0.4, 0.5) is 44.7 Å². The van der Waals surface area contributed by atoms with Gasteiger partial charge in [-0.2, -0.15) is 0 Å². The van der Waals surface area contributed by atoms with Crippen LogP contribution < -0.4 is 24.7 Å². The molecule has 6 rings (SSSR count). The maximum Gasteiger partial charge on any atom is 0.292 e. The lowest BCUT2D eigenvalue weighted by Crippen LogP contribution is -2.38. The Kier molecular flexibility index (Phi) is 20.4. The van der Waals surface area contributed by atoms with Crippen molar-refractivity contribution in [3.8, 4) is 11.5 Å². The number of halogens is 6. The molecule has 0 aliphatic carbocycles. The average Bonchev–Trinajstić information content (AvgIpc) is 3.69. The average molecular weight is 1050 g/mol. The van der Waals surface area contributed by atoms with Gasteiger partial charge in [-0.15, -0.1) is 0 Å². The summed E-state index contributed by atoms with van der Waals surface area (Å²) in [7, 11) is -3.94. The summed E-state index contributed by atoms with van der Waals surface area (Å²) in [6, 6.07) is 20.1. The standard InChI is InChI=1S/C32H41N3O8S2.C16H9ClF5N3O/c1-2-3-4-5-6-7-8-9-10-11-22-33-45(41,42)29-20-21-31(35(38)39)30(24-29)34-32(37)23-25-12-16-27(17-13-25)43-44(40)28-18-14-26(36)15-19-28;1-6-2-3-7(17)8(4-6)23-9-5-10(26)25(24-9)16-14(21)12(19)11(18)13(20)15(16)22/h12-21,24,33,36H,2-11,22-23H2,1H3,(H,34,37);2-4H,5H2,1H3,(H,23,24). The lowest BCUT2D eigenvalue weighted by Gasteiger charge is -2.18. The van der Waals surface area contributed by atoms with Crippen molar-refractivity contribution in [2.45, 2.75) is 101 Å². The summed E-state index contributed by atoms with van der Waals surface area (Å²) in [4.78, 5) is 39.9. The number of nitro benzene ring substituents is 1. The molecule has 1 saturated heterocycles. The number of benzene rings is 5. The highest BCUT2D eigenvalue weighted by atomic mass is 35.5. The van der Waals surface area contributed by atoms with Crippen molar-refractivity contribution in [2.75, 3.05) is 16.9 Å². The summed E-state index contributed by atoms with van der Waals surface area (Å²) in [5, 5.41) is 23.9. The van der Waals surface area contributed by atoms with Gasteiger partial charge in [0, 0.05) is 12.6 Å². The molecule has 23 heteroatoms. The molecule has 1 unspecified atom stereocenters. The molecule has 0 saturated carbocycles. The number of hydrazine groups is 1. The third-order valence-corrected chi connectivity index (χ3v) is 13.4. The predicted molar refractivity (Wildman–Crippen MR) is 259 cm³/mol. The number of nitro groups is 1. The predicted octanol–water partition coefficient (Wildman–Crippen LogP) is 11.1. The van der Waals surface area contributed by atoms with E-state index in [1.165, 1.54) is 74.9 Å². The van der Waals surface area contributed by atoms with Crippen LogP contribution in [0.2, 0.25) is 5.02 Å². The van der Waals surface area contributed by atoms with Crippen LogP contribution in [0, 0.1) is 46.1 Å². The molecule has 0 radical (unpaired) electrons. The lowest BCUT2D eigenvalue weighted by atomic mass is 10.1. The minimum Gasteiger partial charge on any atom is -0.508 e. The van der Waals surface area contributed by atoms with Gasteiger partial charge in [0.15, 0.2) is 23.3 Å². The number of carbonyl (C=O) groups excluding carboxylic acids is 2. The number of anilines is 2. The molecule has 1 aliphatic heterocycles. The number of phenolic OH excluding ortho intramolecular Hbond substituents is 1. The highest BCUT2D eigenvalue weighted by Crippen LogP contribution is 2.33. The van der Waals surface area contributed by atoms with E-state index >= 15 is 0 Å². The number of aryl methyl sites for hydroxylation is 1. The number of rotatable bonds is 22. The fourth-order valence-electron chi connectivity index (χ4n) is 6.92. The van der Waals surface area contributed by atoms with Gasteiger partial charge in [0.1, 0.15) is 28.7 Å². The summed E-state index contributed by atoms with van der Waals surface area (Å²) in [5.74, 6) is -12.2. The van der Waals surface area contributed by atoms with E-state index in [4.69, 9.17) is 15.8 Å². The summed E-state index contributed by atoms with van der Waals surface area (Å²) in [6.45, 7) is 4.22. The first kappa shape index (κ1) is 55.4. The first-order chi connectivity index (χ1) is 33.8. The molecular formula is C48H50ClF5N6O9S2. The zero-order valence-electron chi connectivity index (χ0n) is 38.4. The van der Waals surface area contributed by atoms with Crippen LogP contribution in [-0.4, -0.2) is 46.9 Å².